The van der Waals surface area contributed by atoms with E-state index in [0.29, 0.717) is 35.8 Å². The molecule has 11 heteroatoms. The van der Waals surface area contributed by atoms with E-state index in [-0.39, 0.29) is 29.7 Å². The van der Waals surface area contributed by atoms with E-state index in [0.717, 1.165) is 19.5 Å². The van der Waals surface area contributed by atoms with Crippen molar-refractivity contribution in [2.45, 2.75) is 57.8 Å². The van der Waals surface area contributed by atoms with Crippen LogP contribution in [0.5, 0.6) is 5.75 Å². The normalized spacial score (nSPS) is 26.8. The van der Waals surface area contributed by atoms with Gasteiger partial charge in [-0.1, -0.05) is 49.7 Å². The SMILES string of the molecule is CCN(CC)[C@@H]1C(=O)C(C(N)=O)=C(O)[C@@]2(O)C(=O)C3=C(O)c4c(O)cc(CN5CCc6ccccc6C5)c(Cl)c4C[C@H]3C[C@@H]12. The molecular weight excluding hydrogens is 586 g/mol. The summed E-state index contributed by atoms with van der Waals surface area (Å²) in [6.07, 6.45) is 1.06. The van der Waals surface area contributed by atoms with Gasteiger partial charge in [-0.25, -0.2) is 0 Å². The molecule has 232 valence electrons. The Morgan fingerprint density at radius 2 is 1.82 bits per heavy atom. The van der Waals surface area contributed by atoms with Crippen LogP contribution in [0.15, 0.2) is 47.2 Å². The lowest BCUT2D eigenvalue weighted by Gasteiger charge is -2.51. The molecule has 4 atom stereocenters. The third kappa shape index (κ3) is 4.38. The lowest BCUT2D eigenvalue weighted by Crippen LogP contribution is -2.66. The summed E-state index contributed by atoms with van der Waals surface area (Å²) >= 11 is 6.97. The van der Waals surface area contributed by atoms with Crippen LogP contribution < -0.4 is 5.73 Å². The van der Waals surface area contributed by atoms with Gasteiger partial charge in [-0.05, 0) is 66.6 Å². The van der Waals surface area contributed by atoms with Crippen LogP contribution in [0.4, 0.5) is 0 Å². The minimum absolute atomic E-state index is 0.00448. The summed E-state index contributed by atoms with van der Waals surface area (Å²) in [6, 6.07) is 8.63. The Labute approximate surface area is 260 Å². The van der Waals surface area contributed by atoms with Crippen LogP contribution in [0, 0.1) is 11.8 Å². The second-order valence-corrected chi connectivity index (χ2v) is 12.5. The number of halogens is 1. The van der Waals surface area contributed by atoms with E-state index in [2.05, 4.69) is 17.0 Å². The van der Waals surface area contributed by atoms with Crippen molar-refractivity contribution >= 4 is 34.8 Å². The first-order valence-electron chi connectivity index (χ1n) is 15.0. The minimum Gasteiger partial charge on any atom is -0.508 e. The second-order valence-electron chi connectivity index (χ2n) is 12.2. The molecule has 1 aliphatic heterocycles. The first-order valence-corrected chi connectivity index (χ1v) is 15.4. The number of aliphatic hydroxyl groups excluding tert-OH is 2. The molecule has 6 rings (SSSR count). The van der Waals surface area contributed by atoms with Gasteiger partial charge in [0.2, 0.25) is 5.78 Å². The number of benzene rings is 2. The maximum atomic E-state index is 14.1. The predicted molar refractivity (Wildman–Crippen MR) is 163 cm³/mol. The number of Topliss-reactive ketones (excluding diaryl/α,β-unsaturated/α-hetero) is 2. The van der Waals surface area contributed by atoms with Crippen LogP contribution in [0.25, 0.3) is 5.76 Å². The third-order valence-corrected chi connectivity index (χ3v) is 10.5. The Morgan fingerprint density at radius 3 is 2.48 bits per heavy atom. The van der Waals surface area contributed by atoms with Crippen LogP contribution in [0.3, 0.4) is 0 Å². The lowest BCUT2D eigenvalue weighted by molar-refractivity contribution is -0.154. The van der Waals surface area contributed by atoms with E-state index in [1.807, 2.05) is 26.0 Å². The van der Waals surface area contributed by atoms with Gasteiger partial charge in [0.05, 0.1) is 11.6 Å². The van der Waals surface area contributed by atoms with Gasteiger partial charge in [0.25, 0.3) is 5.91 Å². The molecule has 1 fully saturated rings. The summed E-state index contributed by atoms with van der Waals surface area (Å²) in [5.41, 5.74) is 5.46. The highest BCUT2D eigenvalue weighted by Gasteiger charge is 2.64. The fourth-order valence-corrected chi connectivity index (χ4v) is 8.12. The topological polar surface area (TPSA) is 165 Å². The summed E-state index contributed by atoms with van der Waals surface area (Å²) in [5, 5.41) is 46.0. The maximum Gasteiger partial charge on any atom is 0.255 e. The molecule has 10 nitrogen and oxygen atoms in total. The molecule has 0 aromatic heterocycles. The van der Waals surface area contributed by atoms with Crippen molar-refractivity contribution in [2.75, 3.05) is 19.6 Å². The van der Waals surface area contributed by atoms with Gasteiger partial charge in [-0.3, -0.25) is 24.2 Å². The number of amides is 1. The molecule has 1 saturated carbocycles. The summed E-state index contributed by atoms with van der Waals surface area (Å²) < 4.78 is 0. The number of carbonyl (C=O) groups is 3. The Morgan fingerprint density at radius 1 is 1.14 bits per heavy atom. The second kappa shape index (κ2) is 11.0. The number of hydrogen-bond donors (Lipinski definition) is 5. The molecule has 3 aliphatic carbocycles. The summed E-state index contributed by atoms with van der Waals surface area (Å²) in [7, 11) is 0. The number of aromatic hydroxyl groups is 1. The molecule has 1 heterocycles. The molecule has 4 aliphatic rings. The number of carbonyl (C=O) groups excluding carboxylic acids is 3. The van der Waals surface area contributed by atoms with E-state index >= 15 is 0 Å². The summed E-state index contributed by atoms with van der Waals surface area (Å²) in [4.78, 5) is 44.0. The van der Waals surface area contributed by atoms with Crippen molar-refractivity contribution in [1.82, 2.24) is 9.80 Å². The Balaban J connectivity index is 1.42. The standard InChI is InChI=1S/C33H36ClN3O7/c1-3-37(4-2)27-21-12-18-11-20-24(28(39)23(18)30(41)33(21,44)31(42)25(29(27)40)32(35)43)22(38)13-19(26(20)34)15-36-10-9-16-7-5-6-8-17(16)14-36/h5-8,13,18,21,27,38-39,42,44H,3-4,9-12,14-15H2,1-2H3,(H2,35,43)/t18-,21-,27-,33-/m0/s1. The van der Waals surface area contributed by atoms with Gasteiger partial charge in [-0.2, -0.15) is 0 Å². The highest BCUT2D eigenvalue weighted by molar-refractivity contribution is 6.32. The van der Waals surface area contributed by atoms with E-state index < -0.39 is 58.0 Å². The number of nitrogens with zero attached hydrogens (tertiary/aromatic N) is 2. The molecule has 0 bridgehead atoms. The van der Waals surface area contributed by atoms with Gasteiger partial charge in [0, 0.05) is 36.1 Å². The van der Waals surface area contributed by atoms with Crippen molar-refractivity contribution in [3.63, 3.8) is 0 Å². The Kier molecular flexibility index (Phi) is 7.60. The number of aliphatic hydroxyl groups is 3. The largest absolute Gasteiger partial charge is 0.508 e. The third-order valence-electron chi connectivity index (χ3n) is 9.98. The smallest absolute Gasteiger partial charge is 0.255 e. The van der Waals surface area contributed by atoms with Crippen molar-refractivity contribution < 1.29 is 34.8 Å². The number of ketones is 2. The number of rotatable bonds is 6. The van der Waals surface area contributed by atoms with E-state index in [1.54, 1.807) is 4.90 Å². The molecule has 6 N–H and O–H groups in total. The van der Waals surface area contributed by atoms with Crippen molar-refractivity contribution in [3.05, 3.63) is 80.1 Å². The van der Waals surface area contributed by atoms with Crippen molar-refractivity contribution in [2.24, 2.45) is 17.6 Å². The average molecular weight is 622 g/mol. The monoisotopic (exact) mass is 621 g/mol. The van der Waals surface area contributed by atoms with E-state index in [9.17, 15) is 34.8 Å². The van der Waals surface area contributed by atoms with Gasteiger partial charge >= 0.3 is 0 Å². The van der Waals surface area contributed by atoms with Crippen LogP contribution in [0.2, 0.25) is 5.02 Å². The maximum absolute atomic E-state index is 14.1. The number of hydrogen-bond acceptors (Lipinski definition) is 9. The first-order chi connectivity index (χ1) is 20.9. The van der Waals surface area contributed by atoms with E-state index in [4.69, 9.17) is 17.3 Å². The highest BCUT2D eigenvalue weighted by atomic mass is 35.5. The zero-order valence-corrected chi connectivity index (χ0v) is 25.4. The van der Waals surface area contributed by atoms with Crippen LogP contribution in [-0.2, 0) is 40.3 Å². The van der Waals surface area contributed by atoms with Crippen LogP contribution in [0.1, 0.15) is 48.1 Å². The summed E-state index contributed by atoms with van der Waals surface area (Å²) in [5.74, 6) is -6.76. The molecular formula is C33H36ClN3O7. The van der Waals surface area contributed by atoms with Gasteiger partial charge in [0.15, 0.2) is 11.4 Å². The quantitative estimate of drug-likeness (QED) is 0.305. The van der Waals surface area contributed by atoms with Crippen molar-refractivity contribution in [1.29, 1.82) is 0 Å². The lowest BCUT2D eigenvalue weighted by atomic mass is 9.57. The fraction of sp³-hybridized carbons (Fsp3) is 0.424. The van der Waals surface area contributed by atoms with Gasteiger partial charge in [-0.15, -0.1) is 0 Å². The number of phenolic OH excluding ortho intramolecular Hbond substituents is 1. The molecule has 2 aromatic carbocycles. The number of likely N-dealkylation sites (N-methyl/N-ethyl adjacent to an activating group) is 1. The number of fused-ring (bicyclic) bond motifs is 4. The predicted octanol–water partition coefficient (Wildman–Crippen LogP) is 2.96. The number of primary amides is 1. The molecule has 0 radical (unpaired) electrons. The molecule has 0 unspecified atom stereocenters. The Hall–Kier alpha value is -3.70. The van der Waals surface area contributed by atoms with Gasteiger partial charge < -0.3 is 26.2 Å². The van der Waals surface area contributed by atoms with Crippen LogP contribution in [-0.4, -0.2) is 79.0 Å². The van der Waals surface area contributed by atoms with Crippen molar-refractivity contribution in [3.8, 4) is 5.75 Å². The first kappa shape index (κ1) is 30.3. The number of nitrogens with two attached hydrogens (primary N) is 1. The summed E-state index contributed by atoms with van der Waals surface area (Å²) in [6.45, 7) is 6.34. The zero-order valence-electron chi connectivity index (χ0n) is 24.6. The average Bonchev–Trinajstić information content (AvgIpc) is 2.99. The molecule has 1 amide bonds. The molecule has 2 aromatic rings. The minimum atomic E-state index is -2.67. The van der Waals surface area contributed by atoms with Gasteiger partial charge in [0.1, 0.15) is 22.8 Å². The Bertz CT molecular complexity index is 1660. The molecule has 0 spiro atoms. The number of phenols is 1. The molecule has 0 saturated heterocycles. The highest BCUT2D eigenvalue weighted by Crippen LogP contribution is 2.54. The fourth-order valence-electron chi connectivity index (χ4n) is 7.83. The zero-order chi connectivity index (χ0) is 31.7. The van der Waals surface area contributed by atoms with E-state index in [1.165, 1.54) is 17.2 Å². The molecule has 44 heavy (non-hydrogen) atoms. The van der Waals surface area contributed by atoms with Crippen LogP contribution >= 0.6 is 11.6 Å².